The Morgan fingerprint density at radius 3 is 1.89 bits per heavy atom. The maximum atomic E-state index is 9.16. The lowest BCUT2D eigenvalue weighted by molar-refractivity contribution is 0.621. The molecule has 4 rings (SSSR count). The Morgan fingerprint density at radius 2 is 1.36 bits per heavy atom. The van der Waals surface area contributed by atoms with Crippen LogP contribution in [0.3, 0.4) is 0 Å². The molecule has 146 valence electrons. The summed E-state index contributed by atoms with van der Waals surface area (Å²) in [5.41, 5.74) is 9.11. The average molecular weight is 435 g/mol. The number of nitrogens with zero attached hydrogens (tertiary/aromatic N) is 1. The second-order valence-corrected chi connectivity index (χ2v) is 9.39. The first-order valence-corrected chi connectivity index (χ1v) is 11.5. The van der Waals surface area contributed by atoms with Crippen LogP contribution in [0.25, 0.3) is 21.8 Å². The summed E-state index contributed by atoms with van der Waals surface area (Å²) in [5.74, 6) is 0. The summed E-state index contributed by atoms with van der Waals surface area (Å²) >= 11 is 0. The minimum atomic E-state index is -3.72. The molecule has 0 aliphatic carbocycles. The average Bonchev–Trinajstić information content (AvgIpc) is 2.96. The van der Waals surface area contributed by atoms with E-state index in [1.54, 1.807) is 0 Å². The number of benzene rings is 3. The lowest BCUT2D eigenvalue weighted by Gasteiger charge is -2.03. The van der Waals surface area contributed by atoms with E-state index in [9.17, 15) is 0 Å². The molecule has 0 radical (unpaired) electrons. The van der Waals surface area contributed by atoms with Gasteiger partial charge in [-0.25, -0.2) is 0 Å². The monoisotopic (exact) mass is 434 g/mol. The van der Waals surface area contributed by atoms with Gasteiger partial charge in [0, 0.05) is 55.4 Å². The van der Waals surface area contributed by atoms with Crippen molar-refractivity contribution < 1.29 is 8.42 Å². The molecule has 0 atom stereocenters. The number of halogens is 2. The van der Waals surface area contributed by atoms with Gasteiger partial charge < -0.3 is 10.3 Å². The predicted molar refractivity (Wildman–Crippen MR) is 121 cm³/mol. The van der Waals surface area contributed by atoms with Crippen molar-refractivity contribution in [2.75, 3.05) is 5.73 Å². The van der Waals surface area contributed by atoms with Gasteiger partial charge in [0.25, 0.3) is 0 Å². The van der Waals surface area contributed by atoms with Gasteiger partial charge >= 0.3 is 8.26 Å². The number of allylic oxidation sites excluding steroid dienone is 1. The Balaban J connectivity index is 0.000000210. The zero-order valence-electron chi connectivity index (χ0n) is 15.0. The van der Waals surface area contributed by atoms with E-state index < -0.39 is 8.26 Å². The minimum Gasteiger partial charge on any atom is -0.399 e. The second kappa shape index (κ2) is 10.2. The first-order chi connectivity index (χ1) is 13.3. The van der Waals surface area contributed by atoms with E-state index in [1.165, 1.54) is 21.8 Å². The molecule has 0 saturated heterocycles. The van der Waals surface area contributed by atoms with Crippen LogP contribution in [0.2, 0.25) is 0 Å². The number of hydrogen-bond acceptors (Lipinski definition) is 3. The van der Waals surface area contributed by atoms with E-state index in [0.29, 0.717) is 0 Å². The van der Waals surface area contributed by atoms with Crippen molar-refractivity contribution in [2.45, 2.75) is 6.54 Å². The summed E-state index contributed by atoms with van der Waals surface area (Å²) < 4.78 is 20.6. The highest BCUT2D eigenvalue weighted by Gasteiger charge is 2.08. The van der Waals surface area contributed by atoms with E-state index in [2.05, 4.69) is 62.8 Å². The first kappa shape index (κ1) is 21.8. The van der Waals surface area contributed by atoms with Crippen molar-refractivity contribution in [2.24, 2.45) is 0 Å². The highest BCUT2D eigenvalue weighted by molar-refractivity contribution is 8.31. The SMILES string of the molecule is C=CCn1c2ccccc2c2cc(N)ccc21.O=S(=O)(Cl)Cl.c1ccccc1. The molecule has 4 aromatic rings. The third-order valence-corrected chi connectivity index (χ3v) is 3.77. The van der Waals surface area contributed by atoms with E-state index >= 15 is 0 Å². The van der Waals surface area contributed by atoms with Crippen molar-refractivity contribution in [3.8, 4) is 0 Å². The van der Waals surface area contributed by atoms with Crippen molar-refractivity contribution in [1.29, 1.82) is 0 Å². The standard InChI is InChI=1S/C15H14N2.C6H6.Cl2O2S/c1-2-9-17-14-6-4-3-5-12(14)13-10-11(16)7-8-15(13)17;1-2-4-6-5-3-1;1-5(2,3)4/h2-8,10H,1,9,16H2;1-6H;. The summed E-state index contributed by atoms with van der Waals surface area (Å²) in [5, 5.41) is 2.46. The lowest BCUT2D eigenvalue weighted by atomic mass is 10.1. The number of hydrogen-bond donors (Lipinski definition) is 1. The highest BCUT2D eigenvalue weighted by atomic mass is 36.0. The van der Waals surface area contributed by atoms with Crippen molar-refractivity contribution in [1.82, 2.24) is 4.57 Å². The molecule has 0 bridgehead atoms. The number of rotatable bonds is 2. The maximum Gasteiger partial charge on any atom is 0.317 e. The quantitative estimate of drug-likeness (QED) is 0.240. The molecular weight excluding hydrogens is 415 g/mol. The smallest absolute Gasteiger partial charge is 0.317 e. The predicted octanol–water partition coefficient (Wildman–Crippen LogP) is 5.96. The molecule has 0 amide bonds. The Bertz CT molecular complexity index is 1120. The van der Waals surface area contributed by atoms with Gasteiger partial charge in [-0.15, -0.1) is 6.58 Å². The van der Waals surface area contributed by atoms with Crippen LogP contribution < -0.4 is 5.73 Å². The molecule has 0 unspecified atom stereocenters. The number of fused-ring (bicyclic) bond motifs is 3. The van der Waals surface area contributed by atoms with Gasteiger partial charge in [0.05, 0.1) is 0 Å². The molecule has 2 N–H and O–H groups in total. The summed E-state index contributed by atoms with van der Waals surface area (Å²) in [6, 6.07) is 26.4. The molecule has 0 saturated carbocycles. The van der Waals surface area contributed by atoms with Crippen LogP contribution in [0.1, 0.15) is 0 Å². The molecule has 0 fully saturated rings. The molecule has 28 heavy (non-hydrogen) atoms. The fourth-order valence-electron chi connectivity index (χ4n) is 2.78. The number of para-hydroxylation sites is 1. The molecular formula is C21H20Cl2N2O2S. The minimum absolute atomic E-state index is 0.805. The third-order valence-electron chi connectivity index (χ3n) is 3.77. The van der Waals surface area contributed by atoms with Crippen molar-refractivity contribution in [3.05, 3.63) is 91.5 Å². The second-order valence-electron chi connectivity index (χ2n) is 5.73. The van der Waals surface area contributed by atoms with Gasteiger partial charge in [0.2, 0.25) is 0 Å². The summed E-state index contributed by atoms with van der Waals surface area (Å²) in [6.07, 6.45) is 1.92. The van der Waals surface area contributed by atoms with Crippen LogP contribution >= 0.6 is 21.4 Å². The highest BCUT2D eigenvalue weighted by Crippen LogP contribution is 2.30. The number of aromatic nitrogens is 1. The van der Waals surface area contributed by atoms with Crippen molar-refractivity contribution >= 4 is 57.1 Å². The topological polar surface area (TPSA) is 65.1 Å². The molecule has 1 aromatic heterocycles. The van der Waals surface area contributed by atoms with Gasteiger partial charge in [-0.1, -0.05) is 60.7 Å². The van der Waals surface area contributed by atoms with E-state index in [1.807, 2.05) is 54.6 Å². The van der Waals surface area contributed by atoms with Crippen LogP contribution in [0.5, 0.6) is 0 Å². The Hall–Kier alpha value is -2.47. The molecule has 7 heteroatoms. The van der Waals surface area contributed by atoms with Gasteiger partial charge in [-0.05, 0) is 24.3 Å². The maximum absolute atomic E-state index is 9.16. The van der Waals surface area contributed by atoms with Crippen molar-refractivity contribution in [3.63, 3.8) is 0 Å². The van der Waals surface area contributed by atoms with E-state index in [-0.39, 0.29) is 0 Å². The third kappa shape index (κ3) is 6.60. The van der Waals surface area contributed by atoms with Gasteiger partial charge in [-0.3, -0.25) is 0 Å². The molecule has 1 heterocycles. The summed E-state index contributed by atoms with van der Waals surface area (Å²) in [6.45, 7) is 4.63. The van der Waals surface area contributed by atoms with Gasteiger partial charge in [0.15, 0.2) is 0 Å². The number of nitrogens with two attached hydrogens (primary N) is 1. The van der Waals surface area contributed by atoms with Gasteiger partial charge in [0.1, 0.15) is 0 Å². The van der Waals surface area contributed by atoms with Crippen LogP contribution in [0.15, 0.2) is 91.5 Å². The summed E-state index contributed by atoms with van der Waals surface area (Å²) in [4.78, 5) is 0. The largest absolute Gasteiger partial charge is 0.399 e. The van der Waals surface area contributed by atoms with Crippen LogP contribution in [-0.2, 0) is 14.8 Å². The fourth-order valence-corrected chi connectivity index (χ4v) is 2.78. The normalized spacial score (nSPS) is 10.5. The molecule has 0 spiro atoms. The van der Waals surface area contributed by atoms with E-state index in [4.69, 9.17) is 14.2 Å². The first-order valence-electron chi connectivity index (χ1n) is 8.33. The van der Waals surface area contributed by atoms with Crippen LogP contribution in [0.4, 0.5) is 5.69 Å². The molecule has 0 aliphatic heterocycles. The van der Waals surface area contributed by atoms with E-state index in [0.717, 1.165) is 12.2 Å². The summed E-state index contributed by atoms with van der Waals surface area (Å²) in [7, 11) is 4.81. The Morgan fingerprint density at radius 1 is 0.857 bits per heavy atom. The Kier molecular flexibility index (Phi) is 7.93. The van der Waals surface area contributed by atoms with Gasteiger partial charge in [-0.2, -0.15) is 8.42 Å². The fraction of sp³-hybridized carbons (Fsp3) is 0.0476. The molecule has 4 nitrogen and oxygen atoms in total. The van der Waals surface area contributed by atoms with Crippen LogP contribution in [0, 0.1) is 0 Å². The molecule has 0 aliphatic rings. The number of nitrogen functional groups attached to an aromatic ring is 1. The zero-order chi connectivity index (χ0) is 20.6. The number of anilines is 1. The Labute approximate surface area is 173 Å². The zero-order valence-corrected chi connectivity index (χ0v) is 17.3. The molecule has 3 aromatic carbocycles. The van der Waals surface area contributed by atoms with Crippen LogP contribution in [-0.4, -0.2) is 13.0 Å². The lowest BCUT2D eigenvalue weighted by Crippen LogP contribution is -1.93.